The van der Waals surface area contributed by atoms with Crippen LogP contribution in [0.3, 0.4) is 0 Å². The van der Waals surface area contributed by atoms with Gasteiger partial charge in [0.15, 0.2) is 5.78 Å². The average molecular weight is 417 g/mol. The normalized spacial score (nSPS) is 22.2. The Balaban J connectivity index is 1.89. The van der Waals surface area contributed by atoms with Crippen LogP contribution in [0, 0.1) is 5.41 Å². The van der Waals surface area contributed by atoms with Crippen molar-refractivity contribution in [3.05, 3.63) is 47.3 Å². The summed E-state index contributed by atoms with van der Waals surface area (Å²) in [6.07, 6.45) is 2.59. The summed E-state index contributed by atoms with van der Waals surface area (Å²) in [5, 5.41) is 4.85. The van der Waals surface area contributed by atoms with Crippen LogP contribution in [0.15, 0.2) is 30.3 Å². The highest BCUT2D eigenvalue weighted by Crippen LogP contribution is 2.42. The molecule has 29 heavy (non-hydrogen) atoms. The summed E-state index contributed by atoms with van der Waals surface area (Å²) in [5.41, 5.74) is 2.85. The topological polar surface area (TPSA) is 75.5 Å². The molecule has 0 unspecified atom stereocenters. The number of carbonyl (C=O) groups excluding carboxylic acids is 1. The van der Waals surface area contributed by atoms with Gasteiger partial charge in [-0.05, 0) is 36.8 Å². The fourth-order valence-electron chi connectivity index (χ4n) is 4.49. The molecule has 1 fully saturated rings. The van der Waals surface area contributed by atoms with Crippen molar-refractivity contribution in [2.75, 3.05) is 20.6 Å². The molecular formula is C21H28N4O3S. The van der Waals surface area contributed by atoms with E-state index in [4.69, 9.17) is 5.10 Å². The van der Waals surface area contributed by atoms with Crippen molar-refractivity contribution in [2.45, 2.75) is 45.6 Å². The van der Waals surface area contributed by atoms with Crippen molar-refractivity contribution in [3.63, 3.8) is 0 Å². The first-order valence-electron chi connectivity index (χ1n) is 10.0. The Morgan fingerprint density at radius 3 is 2.48 bits per heavy atom. The highest BCUT2D eigenvalue weighted by atomic mass is 32.2. The third kappa shape index (κ3) is 3.43. The number of carbonyl (C=O) groups is 1. The summed E-state index contributed by atoms with van der Waals surface area (Å²) in [6.45, 7) is 4.63. The van der Waals surface area contributed by atoms with Gasteiger partial charge in [0.1, 0.15) is 0 Å². The number of Topliss-reactive ketones (excluding diaryl/α,β-unsaturated/α-hetero) is 1. The van der Waals surface area contributed by atoms with Crippen molar-refractivity contribution in [3.8, 4) is 5.69 Å². The van der Waals surface area contributed by atoms with Crippen LogP contribution in [0.1, 0.15) is 60.9 Å². The van der Waals surface area contributed by atoms with Gasteiger partial charge in [-0.1, -0.05) is 32.0 Å². The Hall–Kier alpha value is -2.03. The van der Waals surface area contributed by atoms with E-state index in [0.29, 0.717) is 30.6 Å². The summed E-state index contributed by atoms with van der Waals surface area (Å²) in [6, 6.07) is 9.34. The van der Waals surface area contributed by atoms with Gasteiger partial charge < -0.3 is 0 Å². The molecule has 1 saturated heterocycles. The molecular weight excluding hydrogens is 388 g/mol. The Kier molecular flexibility index (Phi) is 4.91. The van der Waals surface area contributed by atoms with Gasteiger partial charge in [0, 0.05) is 27.1 Å². The lowest BCUT2D eigenvalue weighted by molar-refractivity contribution is 0.0908. The van der Waals surface area contributed by atoms with E-state index in [1.54, 1.807) is 0 Å². The van der Waals surface area contributed by atoms with Crippen LogP contribution in [-0.2, 0) is 16.6 Å². The Labute approximate surface area is 172 Å². The number of hydrogen-bond donors (Lipinski definition) is 0. The van der Waals surface area contributed by atoms with Crippen molar-refractivity contribution in [1.29, 1.82) is 0 Å². The molecule has 1 atom stereocenters. The fourth-order valence-corrected chi connectivity index (χ4v) is 5.80. The zero-order chi connectivity index (χ0) is 21.0. The maximum absolute atomic E-state index is 13.2. The van der Waals surface area contributed by atoms with Crippen LogP contribution in [0.2, 0.25) is 0 Å². The Bertz CT molecular complexity index is 1040. The molecule has 4 rings (SSSR count). The smallest absolute Gasteiger partial charge is 0.282 e. The van der Waals surface area contributed by atoms with Gasteiger partial charge in [0.25, 0.3) is 10.2 Å². The number of rotatable bonds is 4. The van der Waals surface area contributed by atoms with Crippen LogP contribution in [-0.4, -0.2) is 53.2 Å². The van der Waals surface area contributed by atoms with Crippen LogP contribution < -0.4 is 0 Å². The van der Waals surface area contributed by atoms with Gasteiger partial charge >= 0.3 is 0 Å². The maximum atomic E-state index is 13.2. The number of fused-ring (bicyclic) bond motifs is 1. The van der Waals surface area contributed by atoms with Gasteiger partial charge in [0.05, 0.1) is 28.7 Å². The molecule has 0 spiro atoms. The summed E-state index contributed by atoms with van der Waals surface area (Å²) >= 11 is 0. The monoisotopic (exact) mass is 416 g/mol. The minimum absolute atomic E-state index is 0.0579. The first-order chi connectivity index (χ1) is 13.6. The van der Waals surface area contributed by atoms with Crippen LogP contribution in [0.5, 0.6) is 0 Å². The standard InChI is InChI=1S/C21H28N4O3S/c1-21(2)13-17-19(18(26)14-21)20(22-25(17)15-9-6-5-7-10-15)16-11-8-12-24(16)29(27,28)23(3)4/h5-7,9-10,16H,8,11-14H2,1-4H3/t16-/m0/s1. The quantitative estimate of drug-likeness (QED) is 0.768. The lowest BCUT2D eigenvalue weighted by Gasteiger charge is -2.30. The maximum Gasteiger partial charge on any atom is 0.282 e. The van der Waals surface area contributed by atoms with E-state index in [0.717, 1.165) is 24.2 Å². The number of para-hydroxylation sites is 1. The second-order valence-corrected chi connectivity index (χ2v) is 11.0. The molecule has 156 valence electrons. The molecule has 7 nitrogen and oxygen atoms in total. The predicted molar refractivity (Wildman–Crippen MR) is 111 cm³/mol. The molecule has 2 aromatic rings. The minimum atomic E-state index is -3.59. The second-order valence-electron chi connectivity index (χ2n) is 8.95. The van der Waals surface area contributed by atoms with Crippen molar-refractivity contribution >= 4 is 16.0 Å². The lowest BCUT2D eigenvalue weighted by Crippen LogP contribution is -2.40. The van der Waals surface area contributed by atoms with E-state index in [-0.39, 0.29) is 11.2 Å². The van der Waals surface area contributed by atoms with E-state index in [1.807, 2.05) is 35.0 Å². The zero-order valence-electron chi connectivity index (χ0n) is 17.4. The van der Waals surface area contributed by atoms with Gasteiger partial charge in [-0.2, -0.15) is 22.1 Å². The SMILES string of the molecule is CN(C)S(=O)(=O)N1CCC[C@H]1c1nn(-c2ccccc2)c2c1C(=O)CC(C)(C)C2. The molecule has 2 aliphatic rings. The Morgan fingerprint density at radius 2 is 1.83 bits per heavy atom. The van der Waals surface area contributed by atoms with Gasteiger partial charge in [-0.25, -0.2) is 4.68 Å². The number of benzene rings is 1. The van der Waals surface area contributed by atoms with Crippen molar-refractivity contribution in [1.82, 2.24) is 18.4 Å². The highest BCUT2D eigenvalue weighted by Gasteiger charge is 2.43. The van der Waals surface area contributed by atoms with Crippen LogP contribution in [0.25, 0.3) is 5.69 Å². The molecule has 0 saturated carbocycles. The molecule has 1 aromatic carbocycles. The summed E-state index contributed by atoms with van der Waals surface area (Å²) < 4.78 is 30.3. The molecule has 2 heterocycles. The van der Waals surface area contributed by atoms with Crippen LogP contribution >= 0.6 is 0 Å². The number of aromatic nitrogens is 2. The number of nitrogens with zero attached hydrogens (tertiary/aromatic N) is 4. The Morgan fingerprint density at radius 1 is 1.14 bits per heavy atom. The average Bonchev–Trinajstić information content (AvgIpc) is 3.26. The highest BCUT2D eigenvalue weighted by molar-refractivity contribution is 7.86. The molecule has 0 radical (unpaired) electrons. The van der Waals surface area contributed by atoms with E-state index in [9.17, 15) is 13.2 Å². The summed E-state index contributed by atoms with van der Waals surface area (Å²) in [4.78, 5) is 13.2. The van der Waals surface area contributed by atoms with E-state index >= 15 is 0 Å². The summed E-state index contributed by atoms with van der Waals surface area (Å²) in [7, 11) is -0.514. The van der Waals surface area contributed by atoms with E-state index in [2.05, 4.69) is 13.8 Å². The molecule has 1 aromatic heterocycles. The van der Waals surface area contributed by atoms with Gasteiger partial charge in [-0.15, -0.1) is 0 Å². The third-order valence-corrected chi connectivity index (χ3v) is 7.80. The molecule has 0 bridgehead atoms. The number of hydrogen-bond acceptors (Lipinski definition) is 4. The van der Waals surface area contributed by atoms with Gasteiger partial charge in [0.2, 0.25) is 0 Å². The largest absolute Gasteiger partial charge is 0.294 e. The molecule has 0 amide bonds. The molecule has 1 aliphatic carbocycles. The molecule has 0 N–H and O–H groups in total. The van der Waals surface area contributed by atoms with Gasteiger partial charge in [-0.3, -0.25) is 4.79 Å². The molecule has 1 aliphatic heterocycles. The van der Waals surface area contributed by atoms with Crippen molar-refractivity contribution < 1.29 is 13.2 Å². The molecule has 8 heteroatoms. The van der Waals surface area contributed by atoms with Crippen molar-refractivity contribution in [2.24, 2.45) is 5.41 Å². The summed E-state index contributed by atoms with van der Waals surface area (Å²) in [5.74, 6) is 0.0579. The zero-order valence-corrected chi connectivity index (χ0v) is 18.2. The van der Waals surface area contributed by atoms with Crippen LogP contribution in [0.4, 0.5) is 0 Å². The number of ketones is 1. The third-order valence-electron chi connectivity index (χ3n) is 5.85. The van der Waals surface area contributed by atoms with E-state index in [1.165, 1.54) is 22.7 Å². The fraction of sp³-hybridized carbons (Fsp3) is 0.524. The first kappa shape index (κ1) is 20.3. The predicted octanol–water partition coefficient (Wildman–Crippen LogP) is 2.97. The lowest BCUT2D eigenvalue weighted by atomic mass is 9.75. The van der Waals surface area contributed by atoms with E-state index < -0.39 is 16.3 Å². The minimum Gasteiger partial charge on any atom is -0.294 e. The second kappa shape index (κ2) is 7.04. The first-order valence-corrected chi connectivity index (χ1v) is 11.4.